The molecule has 0 aliphatic carbocycles. The van der Waals surface area contributed by atoms with Crippen LogP contribution in [0, 0.1) is 6.92 Å². The molecule has 5 heteroatoms. The van der Waals surface area contributed by atoms with Crippen molar-refractivity contribution in [2.24, 2.45) is 0 Å². The normalized spacial score (nSPS) is 10.2. The van der Waals surface area contributed by atoms with E-state index in [0.29, 0.717) is 24.7 Å². The van der Waals surface area contributed by atoms with Crippen molar-refractivity contribution in [1.29, 1.82) is 0 Å². The lowest BCUT2D eigenvalue weighted by Gasteiger charge is -2.16. The smallest absolute Gasteiger partial charge is 0.411 e. The maximum absolute atomic E-state index is 11.7. The second kappa shape index (κ2) is 8.97. The van der Waals surface area contributed by atoms with Crippen LogP contribution in [0.2, 0.25) is 0 Å². The van der Waals surface area contributed by atoms with Crippen LogP contribution in [0.15, 0.2) is 36.4 Å². The average molecular weight is 343 g/mol. The maximum Gasteiger partial charge on any atom is 0.411 e. The largest absolute Gasteiger partial charge is 0.492 e. The molecule has 2 rings (SSSR count). The fourth-order valence-electron chi connectivity index (χ4n) is 2.52. The molecule has 5 nitrogen and oxygen atoms in total. The minimum Gasteiger partial charge on any atom is -0.492 e. The van der Waals surface area contributed by atoms with Crippen molar-refractivity contribution in [2.75, 3.05) is 19.0 Å². The van der Waals surface area contributed by atoms with E-state index in [1.165, 1.54) is 12.7 Å². The quantitative estimate of drug-likeness (QED) is 0.791. The number of rotatable bonds is 7. The summed E-state index contributed by atoms with van der Waals surface area (Å²) in [6.45, 7) is 6.85. The molecular formula is C20H25NO4. The highest BCUT2D eigenvalue weighted by Gasteiger charge is 2.14. The Morgan fingerprint density at radius 2 is 1.88 bits per heavy atom. The molecule has 134 valence electrons. The first-order valence-electron chi connectivity index (χ1n) is 8.41. The standard InChI is InChI=1S/C20H25NO4/c1-5-15-10-11-17(14(3)12-15)25-13-16-8-7-9-18(24-6-2)19(16)21-20(22)23-4/h7-12H,5-6,13H2,1-4H3,(H,21,22). The lowest BCUT2D eigenvalue weighted by molar-refractivity contribution is 0.186. The molecule has 0 unspecified atom stereocenters. The molecule has 0 saturated carbocycles. The summed E-state index contributed by atoms with van der Waals surface area (Å²) in [7, 11) is 1.33. The highest BCUT2D eigenvalue weighted by atomic mass is 16.5. The van der Waals surface area contributed by atoms with E-state index in [4.69, 9.17) is 14.2 Å². The zero-order valence-corrected chi connectivity index (χ0v) is 15.2. The Kier molecular flexibility index (Phi) is 6.69. The van der Waals surface area contributed by atoms with Crippen molar-refractivity contribution >= 4 is 11.8 Å². The van der Waals surface area contributed by atoms with Gasteiger partial charge in [0.2, 0.25) is 0 Å². The fourth-order valence-corrected chi connectivity index (χ4v) is 2.52. The van der Waals surface area contributed by atoms with E-state index < -0.39 is 6.09 Å². The van der Waals surface area contributed by atoms with Crippen LogP contribution in [0.1, 0.15) is 30.5 Å². The number of amides is 1. The summed E-state index contributed by atoms with van der Waals surface area (Å²) in [4.78, 5) is 11.7. The first-order valence-corrected chi connectivity index (χ1v) is 8.41. The number of anilines is 1. The van der Waals surface area contributed by atoms with Crippen LogP contribution in [-0.2, 0) is 17.8 Å². The van der Waals surface area contributed by atoms with Gasteiger partial charge in [-0.1, -0.05) is 31.2 Å². The first kappa shape index (κ1) is 18.6. The topological polar surface area (TPSA) is 56.8 Å². The summed E-state index contributed by atoms with van der Waals surface area (Å²) in [5, 5.41) is 2.72. The van der Waals surface area contributed by atoms with Crippen LogP contribution in [0.5, 0.6) is 11.5 Å². The van der Waals surface area contributed by atoms with Gasteiger partial charge in [-0.25, -0.2) is 4.79 Å². The second-order valence-electron chi connectivity index (χ2n) is 5.58. The molecule has 0 aliphatic heterocycles. The van der Waals surface area contributed by atoms with Crippen molar-refractivity contribution in [3.05, 3.63) is 53.1 Å². The van der Waals surface area contributed by atoms with E-state index in [1.807, 2.05) is 32.0 Å². The monoisotopic (exact) mass is 343 g/mol. The number of benzene rings is 2. The summed E-state index contributed by atoms with van der Waals surface area (Å²) in [5.74, 6) is 1.41. The lowest BCUT2D eigenvalue weighted by atomic mass is 10.1. The Morgan fingerprint density at radius 1 is 1.08 bits per heavy atom. The van der Waals surface area contributed by atoms with Gasteiger partial charge in [-0.15, -0.1) is 0 Å². The van der Waals surface area contributed by atoms with Gasteiger partial charge in [0.15, 0.2) is 0 Å². The van der Waals surface area contributed by atoms with Crippen molar-refractivity contribution in [1.82, 2.24) is 0 Å². The van der Waals surface area contributed by atoms with Crippen LogP contribution in [0.25, 0.3) is 0 Å². The molecule has 0 heterocycles. The number of carbonyl (C=O) groups excluding carboxylic acids is 1. The number of hydrogen-bond acceptors (Lipinski definition) is 4. The molecule has 2 aromatic rings. The molecule has 0 aromatic heterocycles. The van der Waals surface area contributed by atoms with Crippen LogP contribution in [-0.4, -0.2) is 19.8 Å². The Balaban J connectivity index is 2.23. The molecule has 1 amide bonds. The summed E-state index contributed by atoms with van der Waals surface area (Å²) in [5.41, 5.74) is 3.74. The summed E-state index contributed by atoms with van der Waals surface area (Å²) in [6.07, 6.45) is 0.446. The number of carbonyl (C=O) groups is 1. The van der Waals surface area contributed by atoms with Gasteiger partial charge in [-0.3, -0.25) is 5.32 Å². The summed E-state index contributed by atoms with van der Waals surface area (Å²) < 4.78 is 16.3. The van der Waals surface area contributed by atoms with Crippen molar-refractivity contribution in [3.63, 3.8) is 0 Å². The predicted octanol–water partition coefficient (Wildman–Crippen LogP) is 4.71. The molecule has 0 saturated heterocycles. The Bertz CT molecular complexity index is 728. The Labute approximate surface area is 148 Å². The van der Waals surface area contributed by atoms with Gasteiger partial charge < -0.3 is 14.2 Å². The third kappa shape index (κ3) is 4.89. The molecule has 0 radical (unpaired) electrons. The Morgan fingerprint density at radius 3 is 2.52 bits per heavy atom. The zero-order valence-electron chi connectivity index (χ0n) is 15.2. The highest BCUT2D eigenvalue weighted by Crippen LogP contribution is 2.30. The molecular weight excluding hydrogens is 318 g/mol. The lowest BCUT2D eigenvalue weighted by Crippen LogP contribution is -2.14. The minimum absolute atomic E-state index is 0.312. The Hall–Kier alpha value is -2.69. The van der Waals surface area contributed by atoms with Gasteiger partial charge >= 0.3 is 6.09 Å². The number of hydrogen-bond donors (Lipinski definition) is 1. The second-order valence-corrected chi connectivity index (χ2v) is 5.58. The molecule has 2 aromatic carbocycles. The molecule has 0 spiro atoms. The average Bonchev–Trinajstić information content (AvgIpc) is 2.62. The fraction of sp³-hybridized carbons (Fsp3) is 0.350. The van der Waals surface area contributed by atoms with Crippen molar-refractivity contribution in [2.45, 2.75) is 33.8 Å². The van der Waals surface area contributed by atoms with Gasteiger partial charge in [-0.2, -0.15) is 0 Å². The van der Waals surface area contributed by atoms with Gasteiger partial charge in [0.25, 0.3) is 0 Å². The third-order valence-electron chi connectivity index (χ3n) is 3.86. The highest BCUT2D eigenvalue weighted by molar-refractivity contribution is 5.88. The zero-order chi connectivity index (χ0) is 18.2. The van der Waals surface area contributed by atoms with E-state index in [9.17, 15) is 4.79 Å². The minimum atomic E-state index is -0.545. The third-order valence-corrected chi connectivity index (χ3v) is 3.86. The maximum atomic E-state index is 11.7. The molecule has 0 atom stereocenters. The summed E-state index contributed by atoms with van der Waals surface area (Å²) >= 11 is 0. The van der Waals surface area contributed by atoms with Crippen molar-refractivity contribution < 1.29 is 19.0 Å². The van der Waals surface area contributed by atoms with Gasteiger partial charge in [0.1, 0.15) is 18.1 Å². The van der Waals surface area contributed by atoms with Gasteiger partial charge in [-0.05, 0) is 43.5 Å². The van der Waals surface area contributed by atoms with Gasteiger partial charge in [0.05, 0.1) is 19.4 Å². The molecule has 0 bridgehead atoms. The van der Waals surface area contributed by atoms with Gasteiger partial charge in [0, 0.05) is 5.56 Å². The molecule has 0 aliphatic rings. The summed E-state index contributed by atoms with van der Waals surface area (Å²) in [6, 6.07) is 11.7. The molecule has 0 fully saturated rings. The predicted molar refractivity (Wildman–Crippen MR) is 98.5 cm³/mol. The first-order chi connectivity index (χ1) is 12.1. The van der Waals surface area contributed by atoms with E-state index in [2.05, 4.69) is 24.4 Å². The van der Waals surface area contributed by atoms with Crippen LogP contribution >= 0.6 is 0 Å². The number of ether oxygens (including phenoxy) is 3. The van der Waals surface area contributed by atoms with E-state index in [1.54, 1.807) is 6.07 Å². The van der Waals surface area contributed by atoms with Crippen LogP contribution < -0.4 is 14.8 Å². The SMILES string of the molecule is CCOc1cccc(COc2ccc(CC)cc2C)c1NC(=O)OC. The molecule has 1 N–H and O–H groups in total. The molecule has 25 heavy (non-hydrogen) atoms. The van der Waals surface area contributed by atoms with E-state index >= 15 is 0 Å². The number of aryl methyl sites for hydroxylation is 2. The van der Waals surface area contributed by atoms with E-state index in [0.717, 1.165) is 23.3 Å². The number of para-hydroxylation sites is 1. The number of nitrogens with one attached hydrogen (secondary N) is 1. The van der Waals surface area contributed by atoms with Crippen LogP contribution in [0.3, 0.4) is 0 Å². The van der Waals surface area contributed by atoms with Crippen molar-refractivity contribution in [3.8, 4) is 11.5 Å². The van der Waals surface area contributed by atoms with E-state index in [-0.39, 0.29) is 0 Å². The van der Waals surface area contributed by atoms with Crippen LogP contribution in [0.4, 0.5) is 10.5 Å². The number of methoxy groups -OCH3 is 1.